The smallest absolute Gasteiger partial charge is 0.150 e. The molecule has 88 valence electrons. The van der Waals surface area contributed by atoms with Crippen molar-refractivity contribution in [1.82, 2.24) is 0 Å². The fourth-order valence-electron chi connectivity index (χ4n) is 1.42. The molecule has 0 aromatic heterocycles. The first-order chi connectivity index (χ1) is 8.00. The van der Waals surface area contributed by atoms with E-state index in [1.807, 2.05) is 0 Å². The van der Waals surface area contributed by atoms with Crippen LogP contribution in [0, 0.1) is 5.82 Å². The zero-order valence-electron chi connectivity index (χ0n) is 8.35. The average molecular weight is 336 g/mol. The van der Waals surface area contributed by atoms with Crippen molar-refractivity contribution in [3.8, 4) is 16.9 Å². The van der Waals surface area contributed by atoms with Crippen LogP contribution in [-0.2, 0) is 0 Å². The van der Waals surface area contributed by atoms with Gasteiger partial charge in [0.05, 0.1) is 10.0 Å². The van der Waals surface area contributed by atoms with E-state index < -0.39 is 5.82 Å². The Morgan fingerprint density at radius 3 is 2.47 bits per heavy atom. The lowest BCUT2D eigenvalue weighted by Gasteiger charge is -2.07. The van der Waals surface area contributed by atoms with Crippen LogP contribution >= 0.6 is 39.1 Å². The van der Waals surface area contributed by atoms with E-state index in [1.165, 1.54) is 12.1 Å². The molecule has 0 saturated heterocycles. The van der Waals surface area contributed by atoms with Gasteiger partial charge in [-0.1, -0.05) is 35.3 Å². The van der Waals surface area contributed by atoms with E-state index >= 15 is 0 Å². The van der Waals surface area contributed by atoms with Crippen LogP contribution in [0.25, 0.3) is 11.1 Å². The summed E-state index contributed by atoms with van der Waals surface area (Å²) in [5.74, 6) is -0.568. The Morgan fingerprint density at radius 1 is 1.12 bits per heavy atom. The highest BCUT2D eigenvalue weighted by molar-refractivity contribution is 9.10. The molecule has 0 amide bonds. The van der Waals surface area contributed by atoms with E-state index in [0.29, 0.717) is 15.6 Å². The normalized spacial score (nSPS) is 10.6. The molecule has 2 aromatic carbocycles. The molecule has 2 aromatic rings. The quantitative estimate of drug-likeness (QED) is 0.704. The van der Waals surface area contributed by atoms with Crippen LogP contribution in [0.3, 0.4) is 0 Å². The van der Waals surface area contributed by atoms with Crippen LogP contribution in [0.15, 0.2) is 34.8 Å². The van der Waals surface area contributed by atoms with E-state index in [4.69, 9.17) is 23.2 Å². The SMILES string of the molecule is Oc1ccc(-c2ccc(Br)c(Cl)c2F)cc1Cl. The van der Waals surface area contributed by atoms with E-state index in [-0.39, 0.29) is 15.8 Å². The number of phenolic OH excluding ortho intramolecular Hbond substituents is 1. The standard InChI is InChI=1S/C12H6BrCl2FO/c13-8-3-2-7(12(16)11(8)15)6-1-4-10(17)9(14)5-6/h1-5,17H. The van der Waals surface area contributed by atoms with Crippen molar-refractivity contribution < 1.29 is 9.50 Å². The molecule has 0 heterocycles. The highest BCUT2D eigenvalue weighted by atomic mass is 79.9. The number of hydrogen-bond acceptors (Lipinski definition) is 1. The topological polar surface area (TPSA) is 20.2 Å². The maximum Gasteiger partial charge on any atom is 0.150 e. The predicted molar refractivity (Wildman–Crippen MR) is 71.2 cm³/mol. The summed E-state index contributed by atoms with van der Waals surface area (Å²) in [6, 6.07) is 7.71. The molecule has 0 atom stereocenters. The van der Waals surface area contributed by atoms with E-state index in [0.717, 1.165) is 0 Å². The van der Waals surface area contributed by atoms with Gasteiger partial charge in [-0.15, -0.1) is 0 Å². The molecule has 0 fully saturated rings. The maximum atomic E-state index is 13.9. The van der Waals surface area contributed by atoms with Gasteiger partial charge in [-0.25, -0.2) is 4.39 Å². The summed E-state index contributed by atoms with van der Waals surface area (Å²) in [6.07, 6.45) is 0. The second-order valence-corrected chi connectivity index (χ2v) is 5.03. The number of phenols is 1. The van der Waals surface area contributed by atoms with E-state index in [9.17, 15) is 9.50 Å². The Labute approximate surface area is 116 Å². The number of aromatic hydroxyl groups is 1. The van der Waals surface area contributed by atoms with Crippen molar-refractivity contribution in [1.29, 1.82) is 0 Å². The van der Waals surface area contributed by atoms with E-state index in [2.05, 4.69) is 15.9 Å². The molecule has 0 saturated carbocycles. The van der Waals surface area contributed by atoms with Crippen molar-refractivity contribution in [2.45, 2.75) is 0 Å². The summed E-state index contributed by atoms with van der Waals surface area (Å²) in [7, 11) is 0. The third kappa shape index (κ3) is 2.41. The minimum atomic E-state index is -0.525. The Kier molecular flexibility index (Phi) is 3.61. The summed E-state index contributed by atoms with van der Waals surface area (Å²) in [4.78, 5) is 0. The lowest BCUT2D eigenvalue weighted by molar-refractivity contribution is 0.475. The van der Waals surface area contributed by atoms with Gasteiger partial charge in [-0.2, -0.15) is 0 Å². The minimum Gasteiger partial charge on any atom is -0.506 e. The molecular formula is C12H6BrCl2FO. The van der Waals surface area contributed by atoms with Crippen LogP contribution in [0.5, 0.6) is 5.75 Å². The number of benzene rings is 2. The Hall–Kier alpha value is -0.770. The fraction of sp³-hybridized carbons (Fsp3) is 0. The predicted octanol–water partition coefficient (Wildman–Crippen LogP) is 5.27. The van der Waals surface area contributed by atoms with Crippen molar-refractivity contribution in [3.63, 3.8) is 0 Å². The first-order valence-corrected chi connectivity index (χ1v) is 6.18. The van der Waals surface area contributed by atoms with Gasteiger partial charge in [0.15, 0.2) is 5.82 Å². The highest BCUT2D eigenvalue weighted by Gasteiger charge is 2.12. The van der Waals surface area contributed by atoms with Gasteiger partial charge in [0, 0.05) is 10.0 Å². The zero-order chi connectivity index (χ0) is 12.6. The number of halogens is 4. The molecule has 0 radical (unpaired) electrons. The molecule has 0 unspecified atom stereocenters. The summed E-state index contributed by atoms with van der Waals surface area (Å²) < 4.78 is 14.4. The third-order valence-electron chi connectivity index (χ3n) is 2.29. The summed E-state index contributed by atoms with van der Waals surface area (Å²) in [6.45, 7) is 0. The molecule has 5 heteroatoms. The first kappa shape index (κ1) is 12.7. The molecule has 0 bridgehead atoms. The molecule has 0 aliphatic rings. The molecule has 0 aliphatic carbocycles. The molecule has 0 aliphatic heterocycles. The first-order valence-electron chi connectivity index (χ1n) is 4.63. The lowest BCUT2D eigenvalue weighted by Crippen LogP contribution is -1.87. The van der Waals surface area contributed by atoms with Gasteiger partial charge in [-0.05, 0) is 39.7 Å². The Balaban J connectivity index is 2.61. The van der Waals surface area contributed by atoms with Gasteiger partial charge in [0.1, 0.15) is 5.75 Å². The van der Waals surface area contributed by atoms with E-state index in [1.54, 1.807) is 18.2 Å². The zero-order valence-corrected chi connectivity index (χ0v) is 11.4. The third-order valence-corrected chi connectivity index (χ3v) is 3.86. The summed E-state index contributed by atoms with van der Waals surface area (Å²) in [5, 5.41) is 9.49. The van der Waals surface area contributed by atoms with Crippen LogP contribution in [0.2, 0.25) is 10.0 Å². The van der Waals surface area contributed by atoms with Gasteiger partial charge in [0.25, 0.3) is 0 Å². The molecule has 0 spiro atoms. The van der Waals surface area contributed by atoms with Crippen molar-refractivity contribution in [2.24, 2.45) is 0 Å². The highest BCUT2D eigenvalue weighted by Crippen LogP contribution is 2.35. The van der Waals surface area contributed by atoms with Gasteiger partial charge >= 0.3 is 0 Å². The molecule has 17 heavy (non-hydrogen) atoms. The number of hydrogen-bond donors (Lipinski definition) is 1. The Bertz CT molecular complexity index is 587. The van der Waals surface area contributed by atoms with Crippen LogP contribution in [0.4, 0.5) is 4.39 Å². The molecule has 2 rings (SSSR count). The summed E-state index contributed by atoms with van der Waals surface area (Å²) >= 11 is 14.7. The van der Waals surface area contributed by atoms with Crippen molar-refractivity contribution in [2.75, 3.05) is 0 Å². The monoisotopic (exact) mass is 334 g/mol. The molecule has 1 N–H and O–H groups in total. The fourth-order valence-corrected chi connectivity index (χ4v) is 2.07. The van der Waals surface area contributed by atoms with Gasteiger partial charge < -0.3 is 5.11 Å². The second kappa shape index (κ2) is 4.84. The lowest BCUT2D eigenvalue weighted by atomic mass is 10.1. The Morgan fingerprint density at radius 2 is 1.82 bits per heavy atom. The van der Waals surface area contributed by atoms with Crippen molar-refractivity contribution >= 4 is 39.1 Å². The van der Waals surface area contributed by atoms with Gasteiger partial charge in [0.2, 0.25) is 0 Å². The largest absolute Gasteiger partial charge is 0.506 e. The maximum absolute atomic E-state index is 13.9. The number of rotatable bonds is 1. The van der Waals surface area contributed by atoms with Crippen LogP contribution < -0.4 is 0 Å². The van der Waals surface area contributed by atoms with Gasteiger partial charge in [-0.3, -0.25) is 0 Å². The minimum absolute atomic E-state index is 0.0201. The van der Waals surface area contributed by atoms with Crippen LogP contribution in [0.1, 0.15) is 0 Å². The molecular weight excluding hydrogens is 330 g/mol. The molecule has 1 nitrogen and oxygen atoms in total. The summed E-state index contributed by atoms with van der Waals surface area (Å²) in [5.41, 5.74) is 0.889. The average Bonchev–Trinajstić information content (AvgIpc) is 2.30. The second-order valence-electron chi connectivity index (χ2n) is 3.39. The van der Waals surface area contributed by atoms with Crippen LogP contribution in [-0.4, -0.2) is 5.11 Å². The van der Waals surface area contributed by atoms with Crippen molar-refractivity contribution in [3.05, 3.63) is 50.7 Å².